The Hall–Kier alpha value is -3.08. The molecule has 0 bridgehead atoms. The van der Waals surface area contributed by atoms with E-state index in [-0.39, 0.29) is 17.4 Å². The number of amides is 1. The van der Waals surface area contributed by atoms with Gasteiger partial charge in [-0.2, -0.15) is 0 Å². The third kappa shape index (κ3) is 3.97. The number of carbonyl (C=O) groups excluding carboxylic acids is 2. The number of nitrogens with zero attached hydrogens (tertiary/aromatic N) is 1. The number of aliphatic hydroxyl groups is 1. The maximum absolute atomic E-state index is 13.1. The van der Waals surface area contributed by atoms with Crippen LogP contribution in [-0.2, 0) is 16.0 Å². The fraction of sp³-hybridized carbons (Fsp3) is 0.385. The SMILES string of the molecule is CCCCCN1C(=O)C(=O)/C(=C(\O)c2ccc3c(c2)CC(C)O3)C1c1cccc(C)c1. The van der Waals surface area contributed by atoms with Gasteiger partial charge in [0.2, 0.25) is 0 Å². The molecule has 5 heteroatoms. The molecule has 2 aliphatic rings. The summed E-state index contributed by atoms with van der Waals surface area (Å²) in [6, 6.07) is 12.7. The number of ether oxygens (including phenoxy) is 1. The van der Waals surface area contributed by atoms with Crippen molar-refractivity contribution in [1.82, 2.24) is 4.90 Å². The molecule has 1 saturated heterocycles. The fourth-order valence-electron chi connectivity index (χ4n) is 4.55. The Morgan fingerprint density at radius 1 is 1.16 bits per heavy atom. The van der Waals surface area contributed by atoms with Crippen molar-refractivity contribution in [2.75, 3.05) is 6.54 Å². The van der Waals surface area contributed by atoms with Gasteiger partial charge in [0.05, 0.1) is 11.6 Å². The molecule has 0 radical (unpaired) electrons. The fourth-order valence-corrected chi connectivity index (χ4v) is 4.55. The summed E-state index contributed by atoms with van der Waals surface area (Å²) in [4.78, 5) is 27.7. The predicted octanol–water partition coefficient (Wildman–Crippen LogP) is 4.93. The average molecular weight is 420 g/mol. The molecule has 4 rings (SSSR count). The van der Waals surface area contributed by atoms with E-state index in [0.717, 1.165) is 48.1 Å². The van der Waals surface area contributed by atoms with Crippen LogP contribution in [0.2, 0.25) is 0 Å². The predicted molar refractivity (Wildman–Crippen MR) is 120 cm³/mol. The number of aliphatic hydroxyl groups excluding tert-OH is 1. The van der Waals surface area contributed by atoms with Crippen molar-refractivity contribution in [2.24, 2.45) is 0 Å². The van der Waals surface area contributed by atoms with Gasteiger partial charge in [-0.05, 0) is 49.6 Å². The highest BCUT2D eigenvalue weighted by Gasteiger charge is 2.45. The lowest BCUT2D eigenvalue weighted by atomic mass is 9.93. The lowest BCUT2D eigenvalue weighted by molar-refractivity contribution is -0.139. The van der Waals surface area contributed by atoms with E-state index < -0.39 is 17.7 Å². The van der Waals surface area contributed by atoms with Crippen LogP contribution in [0.4, 0.5) is 0 Å². The summed E-state index contributed by atoms with van der Waals surface area (Å²) in [6.07, 6.45) is 3.66. The number of hydrogen-bond acceptors (Lipinski definition) is 4. The monoisotopic (exact) mass is 419 g/mol. The molecular formula is C26H29NO4. The number of benzene rings is 2. The Balaban J connectivity index is 1.80. The van der Waals surface area contributed by atoms with Crippen LogP contribution in [0, 0.1) is 6.92 Å². The number of carbonyl (C=O) groups is 2. The molecule has 1 N–H and O–H groups in total. The van der Waals surface area contributed by atoms with Crippen molar-refractivity contribution in [1.29, 1.82) is 0 Å². The molecule has 0 aliphatic carbocycles. The van der Waals surface area contributed by atoms with Gasteiger partial charge in [-0.15, -0.1) is 0 Å². The highest BCUT2D eigenvalue weighted by Crippen LogP contribution is 2.40. The first-order chi connectivity index (χ1) is 14.9. The minimum absolute atomic E-state index is 0.0869. The van der Waals surface area contributed by atoms with Gasteiger partial charge in [-0.25, -0.2) is 0 Å². The van der Waals surface area contributed by atoms with Crippen LogP contribution in [0.3, 0.4) is 0 Å². The summed E-state index contributed by atoms with van der Waals surface area (Å²) in [5.41, 5.74) is 3.59. The van der Waals surface area contributed by atoms with Crippen molar-refractivity contribution in [3.63, 3.8) is 0 Å². The summed E-state index contributed by atoms with van der Waals surface area (Å²) in [6.45, 7) is 6.57. The van der Waals surface area contributed by atoms with E-state index in [9.17, 15) is 14.7 Å². The topological polar surface area (TPSA) is 66.8 Å². The van der Waals surface area contributed by atoms with E-state index >= 15 is 0 Å². The van der Waals surface area contributed by atoms with Crippen molar-refractivity contribution < 1.29 is 19.4 Å². The van der Waals surface area contributed by atoms with E-state index in [2.05, 4.69) is 6.92 Å². The Labute approximate surface area is 183 Å². The van der Waals surface area contributed by atoms with Gasteiger partial charge in [-0.1, -0.05) is 49.6 Å². The molecule has 31 heavy (non-hydrogen) atoms. The highest BCUT2D eigenvalue weighted by atomic mass is 16.5. The molecule has 1 fully saturated rings. The van der Waals surface area contributed by atoms with Gasteiger partial charge in [0, 0.05) is 18.5 Å². The van der Waals surface area contributed by atoms with Gasteiger partial charge < -0.3 is 14.7 Å². The van der Waals surface area contributed by atoms with E-state index in [1.807, 2.05) is 50.2 Å². The van der Waals surface area contributed by atoms with Crippen LogP contribution in [0.1, 0.15) is 61.4 Å². The number of fused-ring (bicyclic) bond motifs is 1. The molecule has 1 amide bonds. The molecule has 0 aromatic heterocycles. The molecule has 0 spiro atoms. The number of ketones is 1. The minimum Gasteiger partial charge on any atom is -0.507 e. The van der Waals surface area contributed by atoms with E-state index in [0.29, 0.717) is 12.1 Å². The van der Waals surface area contributed by atoms with Crippen LogP contribution < -0.4 is 4.74 Å². The van der Waals surface area contributed by atoms with Crippen molar-refractivity contribution in [3.8, 4) is 5.75 Å². The first-order valence-electron chi connectivity index (χ1n) is 11.1. The summed E-state index contributed by atoms with van der Waals surface area (Å²) >= 11 is 0. The third-order valence-corrected chi connectivity index (χ3v) is 6.07. The van der Waals surface area contributed by atoms with Gasteiger partial charge in [-0.3, -0.25) is 9.59 Å². The second kappa shape index (κ2) is 8.58. The second-order valence-electron chi connectivity index (χ2n) is 8.57. The number of aryl methyl sites for hydroxylation is 1. The average Bonchev–Trinajstić information content (AvgIpc) is 3.24. The van der Waals surface area contributed by atoms with E-state index in [1.165, 1.54) is 0 Å². The van der Waals surface area contributed by atoms with Crippen LogP contribution in [0.15, 0.2) is 48.0 Å². The standard InChI is InChI=1S/C26H29NO4/c1-4-5-6-12-27-23(18-9-7-8-16(2)13-18)22(25(29)26(27)30)24(28)19-10-11-21-20(15-19)14-17(3)31-21/h7-11,13,15,17,23,28H,4-6,12,14H2,1-3H3/b24-22-. The van der Waals surface area contributed by atoms with E-state index in [1.54, 1.807) is 11.0 Å². The molecule has 2 aromatic carbocycles. The lowest BCUT2D eigenvalue weighted by Gasteiger charge is -2.25. The first-order valence-corrected chi connectivity index (χ1v) is 11.1. The molecule has 2 aromatic rings. The molecule has 162 valence electrons. The normalized spacial score (nSPS) is 22.0. The zero-order valence-corrected chi connectivity index (χ0v) is 18.4. The molecule has 0 saturated carbocycles. The zero-order valence-electron chi connectivity index (χ0n) is 18.4. The Morgan fingerprint density at radius 3 is 2.71 bits per heavy atom. The van der Waals surface area contributed by atoms with Crippen molar-refractivity contribution >= 4 is 17.4 Å². The Kier molecular flexibility index (Phi) is 5.86. The number of unbranched alkanes of at least 4 members (excludes halogenated alkanes) is 2. The summed E-state index contributed by atoms with van der Waals surface area (Å²) in [5, 5.41) is 11.2. The van der Waals surface area contributed by atoms with Gasteiger partial charge >= 0.3 is 0 Å². The maximum Gasteiger partial charge on any atom is 0.295 e. The van der Waals surface area contributed by atoms with Gasteiger partial charge in [0.1, 0.15) is 17.6 Å². The maximum atomic E-state index is 13.1. The second-order valence-corrected chi connectivity index (χ2v) is 8.57. The molecule has 2 heterocycles. The summed E-state index contributed by atoms with van der Waals surface area (Å²) in [7, 11) is 0. The summed E-state index contributed by atoms with van der Waals surface area (Å²) in [5.74, 6) is -0.475. The zero-order chi connectivity index (χ0) is 22.1. The molecule has 2 unspecified atom stereocenters. The number of likely N-dealkylation sites (tertiary alicyclic amines) is 1. The highest BCUT2D eigenvalue weighted by molar-refractivity contribution is 6.46. The van der Waals surface area contributed by atoms with Crippen LogP contribution in [0.5, 0.6) is 5.75 Å². The molecule has 2 atom stereocenters. The van der Waals surface area contributed by atoms with Gasteiger partial charge in [0.15, 0.2) is 0 Å². The number of hydrogen-bond donors (Lipinski definition) is 1. The quantitative estimate of drug-likeness (QED) is 0.312. The number of Topliss-reactive ketones (excluding diaryl/α,β-unsaturated/α-hetero) is 1. The smallest absolute Gasteiger partial charge is 0.295 e. The molecular weight excluding hydrogens is 390 g/mol. The van der Waals surface area contributed by atoms with Crippen LogP contribution >= 0.6 is 0 Å². The largest absolute Gasteiger partial charge is 0.507 e. The van der Waals surface area contributed by atoms with E-state index in [4.69, 9.17) is 4.74 Å². The van der Waals surface area contributed by atoms with Crippen molar-refractivity contribution in [3.05, 3.63) is 70.3 Å². The molecule has 5 nitrogen and oxygen atoms in total. The Bertz CT molecular complexity index is 1060. The Morgan fingerprint density at radius 2 is 1.97 bits per heavy atom. The first kappa shape index (κ1) is 21.2. The summed E-state index contributed by atoms with van der Waals surface area (Å²) < 4.78 is 5.75. The molecule has 2 aliphatic heterocycles. The third-order valence-electron chi connectivity index (χ3n) is 6.07. The van der Waals surface area contributed by atoms with Gasteiger partial charge in [0.25, 0.3) is 11.7 Å². The minimum atomic E-state index is -0.620. The lowest BCUT2D eigenvalue weighted by Crippen LogP contribution is -2.30. The van der Waals surface area contributed by atoms with Crippen molar-refractivity contribution in [2.45, 2.75) is 58.6 Å². The van der Waals surface area contributed by atoms with Crippen LogP contribution in [-0.4, -0.2) is 34.3 Å². The number of rotatable bonds is 6. The van der Waals surface area contributed by atoms with Crippen LogP contribution in [0.25, 0.3) is 5.76 Å².